The molecule has 8 heteroatoms. The lowest BCUT2D eigenvalue weighted by Crippen LogP contribution is -2.31. The molecule has 1 amide bonds. The van der Waals surface area contributed by atoms with Gasteiger partial charge in [0.1, 0.15) is 5.60 Å². The molecule has 0 atom stereocenters. The maximum absolute atomic E-state index is 12.2. The van der Waals surface area contributed by atoms with E-state index in [4.69, 9.17) is 9.47 Å². The molecule has 0 saturated heterocycles. The van der Waals surface area contributed by atoms with E-state index >= 15 is 0 Å². The Morgan fingerprint density at radius 3 is 2.86 bits per heavy atom. The predicted octanol–water partition coefficient (Wildman–Crippen LogP) is 2.25. The molecule has 0 aliphatic carbocycles. The molecule has 1 N–H and O–H groups in total. The molecule has 0 bridgehead atoms. The molecule has 0 spiro atoms. The molecule has 0 saturated carbocycles. The number of nitrogens with zero attached hydrogens (tertiary/aromatic N) is 4. The lowest BCUT2D eigenvalue weighted by atomic mass is 10.0. The van der Waals surface area contributed by atoms with Crippen LogP contribution in [-0.2, 0) is 17.8 Å². The summed E-state index contributed by atoms with van der Waals surface area (Å²) in [7, 11) is 0. The number of ether oxygens (including phenoxy) is 2. The number of para-hydroxylation sites is 1. The van der Waals surface area contributed by atoms with Crippen molar-refractivity contribution in [1.82, 2.24) is 24.8 Å². The fourth-order valence-electron chi connectivity index (χ4n) is 3.32. The molecule has 0 unspecified atom stereocenters. The van der Waals surface area contributed by atoms with E-state index in [1.807, 2.05) is 42.8 Å². The predicted molar refractivity (Wildman–Crippen MR) is 107 cm³/mol. The van der Waals surface area contributed by atoms with Gasteiger partial charge >= 0.3 is 0 Å². The second-order valence-corrected chi connectivity index (χ2v) is 7.44. The number of imidazole rings is 1. The number of benzene rings is 1. The van der Waals surface area contributed by atoms with Gasteiger partial charge in [0, 0.05) is 49.9 Å². The van der Waals surface area contributed by atoms with Crippen molar-refractivity contribution in [2.75, 3.05) is 13.2 Å². The van der Waals surface area contributed by atoms with E-state index in [1.165, 1.54) is 0 Å². The molecular weight excluding hydrogens is 370 g/mol. The zero-order chi connectivity index (χ0) is 20.3. The third kappa shape index (κ3) is 4.37. The number of fused-ring (bicyclic) bond motifs is 1. The summed E-state index contributed by atoms with van der Waals surface area (Å²) in [5, 5.41) is 2.86. The van der Waals surface area contributed by atoms with Crippen molar-refractivity contribution in [3.05, 3.63) is 54.6 Å². The van der Waals surface area contributed by atoms with Gasteiger partial charge in [0.2, 0.25) is 0 Å². The van der Waals surface area contributed by atoms with Crippen molar-refractivity contribution in [1.29, 1.82) is 0 Å². The Balaban J connectivity index is 1.29. The molecular formula is C21H23N5O3. The van der Waals surface area contributed by atoms with Gasteiger partial charge in [-0.3, -0.25) is 4.79 Å². The fourth-order valence-corrected chi connectivity index (χ4v) is 3.32. The Kier molecular flexibility index (Phi) is 5.16. The maximum atomic E-state index is 12.2. The molecule has 0 radical (unpaired) electrons. The van der Waals surface area contributed by atoms with Crippen molar-refractivity contribution < 1.29 is 14.3 Å². The summed E-state index contributed by atoms with van der Waals surface area (Å²) in [6.45, 7) is 4.99. The highest BCUT2D eigenvalue weighted by Crippen LogP contribution is 2.41. The average molecular weight is 393 g/mol. The van der Waals surface area contributed by atoms with Gasteiger partial charge in [-0.2, -0.15) is 0 Å². The first-order valence-corrected chi connectivity index (χ1v) is 9.51. The highest BCUT2D eigenvalue weighted by molar-refractivity contribution is 5.77. The molecule has 1 aliphatic rings. The minimum Gasteiger partial charge on any atom is -0.483 e. The van der Waals surface area contributed by atoms with E-state index in [9.17, 15) is 4.79 Å². The van der Waals surface area contributed by atoms with Crippen LogP contribution in [0.4, 0.5) is 0 Å². The molecule has 2 aromatic heterocycles. The summed E-state index contributed by atoms with van der Waals surface area (Å²) in [6.07, 6.45) is 7.69. The SMILES string of the molecule is CC1(C)Cc2cccc(OCC(=O)NCCn3ccnc3-c3ncccn3)c2O1. The van der Waals surface area contributed by atoms with Crippen LogP contribution in [0.25, 0.3) is 11.6 Å². The van der Waals surface area contributed by atoms with Crippen LogP contribution in [0.5, 0.6) is 11.5 Å². The first kappa shape index (κ1) is 18.9. The smallest absolute Gasteiger partial charge is 0.258 e. The van der Waals surface area contributed by atoms with Crippen LogP contribution in [0.15, 0.2) is 49.1 Å². The van der Waals surface area contributed by atoms with Crippen molar-refractivity contribution in [2.45, 2.75) is 32.4 Å². The number of aromatic nitrogens is 4. The topological polar surface area (TPSA) is 91.2 Å². The van der Waals surface area contributed by atoms with Gasteiger partial charge in [0.05, 0.1) is 0 Å². The van der Waals surface area contributed by atoms with Crippen LogP contribution in [0.1, 0.15) is 19.4 Å². The average Bonchev–Trinajstić information content (AvgIpc) is 3.29. The molecule has 4 rings (SSSR count). The van der Waals surface area contributed by atoms with Crippen molar-refractivity contribution in [3.8, 4) is 23.1 Å². The third-order valence-electron chi connectivity index (χ3n) is 4.57. The minimum absolute atomic E-state index is 0.0706. The number of hydrogen-bond donors (Lipinski definition) is 1. The highest BCUT2D eigenvalue weighted by atomic mass is 16.5. The summed E-state index contributed by atoms with van der Waals surface area (Å²) in [4.78, 5) is 24.9. The molecule has 150 valence electrons. The first-order valence-electron chi connectivity index (χ1n) is 9.51. The van der Waals surface area contributed by atoms with Crippen LogP contribution in [0.2, 0.25) is 0 Å². The van der Waals surface area contributed by atoms with Crippen molar-refractivity contribution >= 4 is 5.91 Å². The van der Waals surface area contributed by atoms with Crippen molar-refractivity contribution in [3.63, 3.8) is 0 Å². The number of hydrogen-bond acceptors (Lipinski definition) is 6. The van der Waals surface area contributed by atoms with E-state index in [2.05, 4.69) is 20.3 Å². The van der Waals surface area contributed by atoms with Crippen LogP contribution in [0.3, 0.4) is 0 Å². The third-order valence-corrected chi connectivity index (χ3v) is 4.57. The Morgan fingerprint density at radius 2 is 2.03 bits per heavy atom. The van der Waals surface area contributed by atoms with Gasteiger partial charge in [-0.1, -0.05) is 12.1 Å². The van der Waals surface area contributed by atoms with E-state index < -0.39 is 0 Å². The summed E-state index contributed by atoms with van der Waals surface area (Å²) in [5.74, 6) is 2.35. The van der Waals surface area contributed by atoms with Gasteiger partial charge in [-0.15, -0.1) is 0 Å². The van der Waals surface area contributed by atoms with Crippen LogP contribution < -0.4 is 14.8 Å². The Hall–Kier alpha value is -3.42. The van der Waals surface area contributed by atoms with Crippen LogP contribution in [-0.4, -0.2) is 44.2 Å². The van der Waals surface area contributed by atoms with E-state index in [0.717, 1.165) is 17.7 Å². The van der Waals surface area contributed by atoms with E-state index in [0.29, 0.717) is 30.5 Å². The lowest BCUT2D eigenvalue weighted by molar-refractivity contribution is -0.123. The largest absolute Gasteiger partial charge is 0.483 e. The lowest BCUT2D eigenvalue weighted by Gasteiger charge is -2.18. The molecule has 1 aromatic carbocycles. The van der Waals surface area contributed by atoms with Gasteiger partial charge in [0.15, 0.2) is 29.8 Å². The van der Waals surface area contributed by atoms with Gasteiger partial charge in [-0.05, 0) is 26.0 Å². The fraction of sp³-hybridized carbons (Fsp3) is 0.333. The van der Waals surface area contributed by atoms with Gasteiger partial charge in [-0.25, -0.2) is 15.0 Å². The maximum Gasteiger partial charge on any atom is 0.258 e. The molecule has 0 fully saturated rings. The minimum atomic E-state index is -0.255. The number of carbonyl (C=O) groups is 1. The summed E-state index contributed by atoms with van der Waals surface area (Å²) in [5.41, 5.74) is 0.846. The zero-order valence-electron chi connectivity index (χ0n) is 16.5. The molecule has 3 aromatic rings. The summed E-state index contributed by atoms with van der Waals surface area (Å²) >= 11 is 0. The van der Waals surface area contributed by atoms with Gasteiger partial charge in [0.25, 0.3) is 5.91 Å². The molecule has 8 nitrogen and oxygen atoms in total. The standard InChI is InChI=1S/C21H23N5O3/c1-21(2)13-15-5-3-6-16(18(15)29-21)28-14-17(27)22-9-11-26-12-10-25-20(26)19-23-7-4-8-24-19/h3-8,10,12H,9,11,13-14H2,1-2H3,(H,22,27). The van der Waals surface area contributed by atoms with Crippen LogP contribution >= 0.6 is 0 Å². The first-order chi connectivity index (χ1) is 14.0. The van der Waals surface area contributed by atoms with Crippen LogP contribution in [0, 0.1) is 0 Å². The second-order valence-electron chi connectivity index (χ2n) is 7.44. The van der Waals surface area contributed by atoms with Gasteiger partial charge < -0.3 is 19.4 Å². The quantitative estimate of drug-likeness (QED) is 0.662. The number of rotatable bonds is 7. The second kappa shape index (κ2) is 7.90. The summed E-state index contributed by atoms with van der Waals surface area (Å²) in [6, 6.07) is 7.52. The normalized spacial score (nSPS) is 14.1. The monoisotopic (exact) mass is 393 g/mol. The van der Waals surface area contributed by atoms with E-state index in [-0.39, 0.29) is 18.1 Å². The molecule has 29 heavy (non-hydrogen) atoms. The number of amides is 1. The summed E-state index contributed by atoms with van der Waals surface area (Å²) < 4.78 is 13.6. The van der Waals surface area contributed by atoms with Crippen molar-refractivity contribution in [2.24, 2.45) is 0 Å². The Bertz CT molecular complexity index is 1000. The number of carbonyl (C=O) groups excluding carboxylic acids is 1. The molecule has 3 heterocycles. The van der Waals surface area contributed by atoms with E-state index in [1.54, 1.807) is 24.7 Å². The zero-order valence-corrected chi connectivity index (χ0v) is 16.5. The molecule has 1 aliphatic heterocycles. The highest BCUT2D eigenvalue weighted by Gasteiger charge is 2.32. The Morgan fingerprint density at radius 1 is 1.21 bits per heavy atom. The number of nitrogens with one attached hydrogen (secondary N) is 1. The Labute approximate surface area is 168 Å².